The average Bonchev–Trinajstić information content (AvgIpc) is 2.28. The second kappa shape index (κ2) is 4.61. The SMILES string of the molecule is Cc1cc(C)c(C)c(-c2cc(C)cc(C)c2C)c1. The van der Waals surface area contributed by atoms with Crippen LogP contribution in [0.15, 0.2) is 24.3 Å². The van der Waals surface area contributed by atoms with Crippen molar-refractivity contribution in [2.75, 3.05) is 0 Å². The fourth-order valence-corrected chi connectivity index (χ4v) is 2.64. The minimum absolute atomic E-state index is 1.34. The number of hydrogen-bond acceptors (Lipinski definition) is 0. The van der Waals surface area contributed by atoms with Crippen molar-refractivity contribution in [3.05, 3.63) is 57.6 Å². The highest BCUT2D eigenvalue weighted by Crippen LogP contribution is 2.31. The highest BCUT2D eigenvalue weighted by molar-refractivity contribution is 5.73. The van der Waals surface area contributed by atoms with Crippen molar-refractivity contribution < 1.29 is 0 Å². The maximum Gasteiger partial charge on any atom is -0.0147 e. The molecule has 0 spiro atoms. The molecule has 0 saturated carbocycles. The molecule has 0 N–H and O–H groups in total. The fraction of sp³-hybridized carbons (Fsp3) is 0.333. The molecule has 2 aromatic rings. The van der Waals surface area contributed by atoms with Crippen molar-refractivity contribution in [3.63, 3.8) is 0 Å². The summed E-state index contributed by atoms with van der Waals surface area (Å²) in [7, 11) is 0. The molecule has 18 heavy (non-hydrogen) atoms. The Bertz CT molecular complexity index is 548. The summed E-state index contributed by atoms with van der Waals surface area (Å²) in [5, 5.41) is 0. The van der Waals surface area contributed by atoms with Crippen molar-refractivity contribution in [3.8, 4) is 11.1 Å². The smallest absolute Gasteiger partial charge is 0.0147 e. The molecule has 0 amide bonds. The predicted molar refractivity (Wildman–Crippen MR) is 80.3 cm³/mol. The van der Waals surface area contributed by atoms with Gasteiger partial charge < -0.3 is 0 Å². The van der Waals surface area contributed by atoms with E-state index in [1.807, 2.05) is 0 Å². The van der Waals surface area contributed by atoms with Gasteiger partial charge in [-0.1, -0.05) is 35.4 Å². The maximum atomic E-state index is 2.31. The molecule has 2 aromatic carbocycles. The van der Waals surface area contributed by atoms with Gasteiger partial charge in [-0.05, 0) is 74.9 Å². The molecule has 0 heteroatoms. The molecule has 0 aliphatic rings. The van der Waals surface area contributed by atoms with Crippen LogP contribution in [0.4, 0.5) is 0 Å². The molecular weight excluding hydrogens is 216 g/mol. The third-order valence-electron chi connectivity index (χ3n) is 3.91. The quantitative estimate of drug-likeness (QED) is 0.640. The molecule has 0 unspecified atom stereocenters. The van der Waals surface area contributed by atoms with Crippen molar-refractivity contribution in [1.29, 1.82) is 0 Å². The average molecular weight is 238 g/mol. The van der Waals surface area contributed by atoms with Gasteiger partial charge in [0.15, 0.2) is 0 Å². The zero-order valence-corrected chi connectivity index (χ0v) is 12.3. The second-order valence-corrected chi connectivity index (χ2v) is 5.51. The highest BCUT2D eigenvalue weighted by atomic mass is 14.1. The summed E-state index contributed by atoms with van der Waals surface area (Å²) in [5.74, 6) is 0. The van der Waals surface area contributed by atoms with Gasteiger partial charge in [0, 0.05) is 0 Å². The second-order valence-electron chi connectivity index (χ2n) is 5.51. The molecule has 0 aliphatic heterocycles. The van der Waals surface area contributed by atoms with E-state index in [1.165, 1.54) is 44.5 Å². The molecule has 0 aromatic heterocycles. The topological polar surface area (TPSA) is 0 Å². The van der Waals surface area contributed by atoms with Crippen LogP contribution in [0.2, 0.25) is 0 Å². The van der Waals surface area contributed by atoms with Crippen LogP contribution < -0.4 is 0 Å². The first-order valence-corrected chi connectivity index (χ1v) is 6.56. The van der Waals surface area contributed by atoms with E-state index in [9.17, 15) is 0 Å². The highest BCUT2D eigenvalue weighted by Gasteiger charge is 2.10. The summed E-state index contributed by atoms with van der Waals surface area (Å²) in [6.45, 7) is 13.2. The Kier molecular flexibility index (Phi) is 3.30. The fourth-order valence-electron chi connectivity index (χ4n) is 2.64. The Balaban J connectivity index is 2.77. The molecule has 0 saturated heterocycles. The van der Waals surface area contributed by atoms with Crippen LogP contribution in [0.1, 0.15) is 33.4 Å². The zero-order chi connectivity index (χ0) is 13.4. The Morgan fingerprint density at radius 2 is 0.833 bits per heavy atom. The van der Waals surface area contributed by atoms with Gasteiger partial charge in [0.25, 0.3) is 0 Å². The largest absolute Gasteiger partial charge is 0.0561 e. The Hall–Kier alpha value is -1.56. The Morgan fingerprint density at radius 1 is 0.500 bits per heavy atom. The van der Waals surface area contributed by atoms with Crippen LogP contribution in [-0.2, 0) is 0 Å². The third kappa shape index (κ3) is 2.20. The first kappa shape index (κ1) is 12.9. The van der Waals surface area contributed by atoms with E-state index < -0.39 is 0 Å². The van der Waals surface area contributed by atoms with Crippen molar-refractivity contribution in [1.82, 2.24) is 0 Å². The van der Waals surface area contributed by atoms with Crippen LogP contribution in [0.25, 0.3) is 11.1 Å². The third-order valence-corrected chi connectivity index (χ3v) is 3.91. The van der Waals surface area contributed by atoms with Gasteiger partial charge in [-0.25, -0.2) is 0 Å². The van der Waals surface area contributed by atoms with Gasteiger partial charge in [0.1, 0.15) is 0 Å². The first-order valence-electron chi connectivity index (χ1n) is 6.56. The van der Waals surface area contributed by atoms with Gasteiger partial charge in [-0.3, -0.25) is 0 Å². The zero-order valence-electron chi connectivity index (χ0n) is 12.3. The van der Waals surface area contributed by atoms with Crippen LogP contribution in [0.5, 0.6) is 0 Å². The van der Waals surface area contributed by atoms with Crippen LogP contribution in [0.3, 0.4) is 0 Å². The maximum absolute atomic E-state index is 2.31. The molecule has 0 heterocycles. The van der Waals surface area contributed by atoms with E-state index in [1.54, 1.807) is 0 Å². The van der Waals surface area contributed by atoms with E-state index >= 15 is 0 Å². The lowest BCUT2D eigenvalue weighted by Gasteiger charge is -2.15. The van der Waals surface area contributed by atoms with Crippen molar-refractivity contribution in [2.45, 2.75) is 41.5 Å². The molecule has 0 nitrogen and oxygen atoms in total. The van der Waals surface area contributed by atoms with Crippen molar-refractivity contribution >= 4 is 0 Å². The predicted octanol–water partition coefficient (Wildman–Crippen LogP) is 5.20. The van der Waals surface area contributed by atoms with Gasteiger partial charge in [-0.15, -0.1) is 0 Å². The standard InChI is InChI=1S/C18H22/c1-11-7-13(3)15(5)17(9-11)18-10-12(2)8-14(4)16(18)6/h7-10H,1-6H3. The van der Waals surface area contributed by atoms with E-state index in [0.29, 0.717) is 0 Å². The molecule has 0 fully saturated rings. The van der Waals surface area contributed by atoms with E-state index in [0.717, 1.165) is 0 Å². The Labute approximate surface area is 111 Å². The summed E-state index contributed by atoms with van der Waals surface area (Å²) < 4.78 is 0. The molecule has 2 rings (SSSR count). The monoisotopic (exact) mass is 238 g/mol. The van der Waals surface area contributed by atoms with Gasteiger partial charge in [0.2, 0.25) is 0 Å². The van der Waals surface area contributed by atoms with Gasteiger partial charge in [0.05, 0.1) is 0 Å². The minimum Gasteiger partial charge on any atom is -0.0561 e. The number of rotatable bonds is 1. The van der Waals surface area contributed by atoms with Crippen LogP contribution in [-0.4, -0.2) is 0 Å². The van der Waals surface area contributed by atoms with E-state index in [4.69, 9.17) is 0 Å². The lowest BCUT2D eigenvalue weighted by Crippen LogP contribution is -1.94. The number of hydrogen-bond donors (Lipinski definition) is 0. The molecule has 0 bridgehead atoms. The molecule has 0 radical (unpaired) electrons. The van der Waals surface area contributed by atoms with E-state index in [2.05, 4.69) is 65.8 Å². The van der Waals surface area contributed by atoms with Gasteiger partial charge in [-0.2, -0.15) is 0 Å². The summed E-state index contributed by atoms with van der Waals surface area (Å²) in [4.78, 5) is 0. The summed E-state index contributed by atoms with van der Waals surface area (Å²) in [6.07, 6.45) is 0. The minimum atomic E-state index is 1.34. The number of benzene rings is 2. The molecule has 94 valence electrons. The summed E-state index contributed by atoms with van der Waals surface area (Å²) in [5.41, 5.74) is 11.0. The first-order chi connectivity index (χ1) is 8.40. The van der Waals surface area contributed by atoms with Gasteiger partial charge >= 0.3 is 0 Å². The van der Waals surface area contributed by atoms with Crippen LogP contribution in [0, 0.1) is 41.5 Å². The Morgan fingerprint density at radius 3 is 1.17 bits per heavy atom. The van der Waals surface area contributed by atoms with Crippen LogP contribution >= 0.6 is 0 Å². The van der Waals surface area contributed by atoms with Crippen molar-refractivity contribution in [2.24, 2.45) is 0 Å². The lowest BCUT2D eigenvalue weighted by molar-refractivity contribution is 1.26. The summed E-state index contributed by atoms with van der Waals surface area (Å²) in [6, 6.07) is 9.14. The molecule has 0 aliphatic carbocycles. The summed E-state index contributed by atoms with van der Waals surface area (Å²) >= 11 is 0. The molecule has 0 atom stereocenters. The number of aryl methyl sites for hydroxylation is 4. The molecular formula is C18H22. The lowest BCUT2D eigenvalue weighted by atomic mass is 9.89. The normalized spacial score (nSPS) is 10.8. The van der Waals surface area contributed by atoms with E-state index in [-0.39, 0.29) is 0 Å².